The summed E-state index contributed by atoms with van der Waals surface area (Å²) < 4.78 is 12.7. The molecule has 0 aliphatic carbocycles. The molecule has 216 valence electrons. The maximum atomic E-state index is 13.4. The largest absolute Gasteiger partial charge is 0.479 e. The van der Waals surface area contributed by atoms with Gasteiger partial charge in [-0.1, -0.05) is 13.8 Å². The third kappa shape index (κ3) is 5.90. The van der Waals surface area contributed by atoms with E-state index < -0.39 is 5.60 Å². The van der Waals surface area contributed by atoms with Gasteiger partial charge in [-0.2, -0.15) is 4.98 Å². The maximum Gasteiger partial charge on any atom is 0.410 e. The van der Waals surface area contributed by atoms with Gasteiger partial charge in [-0.05, 0) is 47.1 Å². The second-order valence-corrected chi connectivity index (χ2v) is 10.7. The molecular weight excluding hydrogens is 512 g/mol. The molecule has 3 amide bonds. The molecule has 1 saturated heterocycles. The van der Waals surface area contributed by atoms with Gasteiger partial charge in [-0.3, -0.25) is 9.30 Å². The number of hydrogen-bond acceptors (Lipinski definition) is 8. The molecule has 3 aromatic heterocycles. The summed E-state index contributed by atoms with van der Waals surface area (Å²) in [4.78, 5) is 45.0. The van der Waals surface area contributed by atoms with Gasteiger partial charge in [0.25, 0.3) is 0 Å². The van der Waals surface area contributed by atoms with Gasteiger partial charge in [0, 0.05) is 62.1 Å². The van der Waals surface area contributed by atoms with E-state index in [1.54, 1.807) is 26.6 Å². The Bertz CT molecular complexity index is 1380. The predicted molar refractivity (Wildman–Crippen MR) is 155 cm³/mol. The Kier molecular flexibility index (Phi) is 8.36. The second kappa shape index (κ2) is 11.6. The summed E-state index contributed by atoms with van der Waals surface area (Å²) in [5.74, 6) is 1.42. The molecule has 2 aliphatic rings. The van der Waals surface area contributed by atoms with Crippen molar-refractivity contribution >= 4 is 35.1 Å². The molecule has 0 bridgehead atoms. The van der Waals surface area contributed by atoms with Gasteiger partial charge in [-0.15, -0.1) is 0 Å². The van der Waals surface area contributed by atoms with Crippen LogP contribution in [0.3, 0.4) is 0 Å². The van der Waals surface area contributed by atoms with Crippen LogP contribution in [0.1, 0.15) is 52.8 Å². The van der Waals surface area contributed by atoms with Gasteiger partial charge < -0.3 is 24.6 Å². The number of urea groups is 1. The summed E-state index contributed by atoms with van der Waals surface area (Å²) in [6.45, 7) is 15.9. The number of amides is 3. The quantitative estimate of drug-likeness (QED) is 0.505. The first-order chi connectivity index (χ1) is 19.0. The van der Waals surface area contributed by atoms with Gasteiger partial charge in [0.2, 0.25) is 11.7 Å². The van der Waals surface area contributed by atoms with Crippen molar-refractivity contribution in [1.82, 2.24) is 24.3 Å². The number of hydrogen-bond donors (Lipinski definition) is 1. The number of piperazine rings is 1. The average Bonchev–Trinajstić information content (AvgIpc) is 3.50. The van der Waals surface area contributed by atoms with Gasteiger partial charge in [0.1, 0.15) is 17.1 Å². The lowest BCUT2D eigenvalue weighted by atomic mass is 10.1. The first-order valence-corrected chi connectivity index (χ1v) is 13.8. The molecular formula is C28H40N8O4. The van der Waals surface area contributed by atoms with Crippen LogP contribution in [-0.4, -0.2) is 81.3 Å². The van der Waals surface area contributed by atoms with Gasteiger partial charge in [0.15, 0.2) is 0 Å². The van der Waals surface area contributed by atoms with Gasteiger partial charge in [-0.25, -0.2) is 19.6 Å². The van der Waals surface area contributed by atoms with Crippen LogP contribution >= 0.6 is 0 Å². The minimum atomic E-state index is -0.534. The number of fused-ring (bicyclic) bond motifs is 2. The Morgan fingerprint density at radius 2 is 1.85 bits per heavy atom. The fourth-order valence-corrected chi connectivity index (χ4v) is 4.99. The van der Waals surface area contributed by atoms with Crippen LogP contribution in [0.25, 0.3) is 5.78 Å². The zero-order chi connectivity index (χ0) is 29.2. The van der Waals surface area contributed by atoms with E-state index in [-0.39, 0.29) is 24.0 Å². The van der Waals surface area contributed by atoms with Crippen molar-refractivity contribution in [1.29, 1.82) is 0 Å². The van der Waals surface area contributed by atoms with Crippen molar-refractivity contribution in [2.24, 2.45) is 0 Å². The fraction of sp³-hybridized carbons (Fsp3) is 0.536. The summed E-state index contributed by atoms with van der Waals surface area (Å²) in [5.41, 5.74) is 2.78. The number of carbonyl (C=O) groups is 2. The number of anilines is 3. The van der Waals surface area contributed by atoms with Crippen molar-refractivity contribution in [3.8, 4) is 5.88 Å². The van der Waals surface area contributed by atoms with Crippen molar-refractivity contribution in [2.45, 2.75) is 66.5 Å². The Labute approximate surface area is 235 Å². The second-order valence-electron chi connectivity index (χ2n) is 10.7. The van der Waals surface area contributed by atoms with E-state index in [1.165, 1.54) is 7.11 Å². The first kappa shape index (κ1) is 28.9. The topological polar surface area (TPSA) is 117 Å². The van der Waals surface area contributed by atoms with E-state index in [4.69, 9.17) is 9.47 Å². The highest BCUT2D eigenvalue weighted by molar-refractivity contribution is 6.03. The highest BCUT2D eigenvalue weighted by Crippen LogP contribution is 2.35. The minimum absolute atomic E-state index is 0.0232. The maximum absolute atomic E-state index is 13.4. The molecule has 0 aromatic carbocycles. The lowest BCUT2D eigenvalue weighted by Gasteiger charge is -2.41. The summed E-state index contributed by atoms with van der Waals surface area (Å²) in [7, 11) is 1.51. The van der Waals surface area contributed by atoms with Gasteiger partial charge in [0.05, 0.1) is 12.8 Å². The normalized spacial score (nSPS) is 16.8. The third-order valence-corrected chi connectivity index (χ3v) is 6.66. The third-order valence-electron chi connectivity index (χ3n) is 6.66. The molecule has 1 N–H and O–H groups in total. The van der Waals surface area contributed by atoms with Crippen molar-refractivity contribution < 1.29 is 19.1 Å². The number of aromatic nitrogens is 4. The SMILES string of the molecule is CC.COc1nc2nc(C)cn2cc1NC(=O)N1CCc2c(N3CCN(C(=O)OC(C)(C)C)C(C)C3)ccnc21. The molecule has 0 spiro atoms. The van der Waals surface area contributed by atoms with Crippen LogP contribution in [0.2, 0.25) is 0 Å². The number of pyridine rings is 1. The zero-order valence-electron chi connectivity index (χ0n) is 24.7. The molecule has 0 radical (unpaired) electrons. The minimum Gasteiger partial charge on any atom is -0.479 e. The smallest absolute Gasteiger partial charge is 0.410 e. The van der Waals surface area contributed by atoms with Crippen LogP contribution in [0.4, 0.5) is 26.8 Å². The Balaban J connectivity index is 0.00000181. The number of rotatable bonds is 3. The van der Waals surface area contributed by atoms with E-state index in [2.05, 4.69) is 25.2 Å². The number of ether oxygens (including phenoxy) is 2. The summed E-state index contributed by atoms with van der Waals surface area (Å²) in [5, 5.41) is 2.93. The highest BCUT2D eigenvalue weighted by atomic mass is 16.6. The monoisotopic (exact) mass is 552 g/mol. The molecule has 12 nitrogen and oxygen atoms in total. The molecule has 12 heteroatoms. The number of methoxy groups -OCH3 is 1. The van der Waals surface area contributed by atoms with Crippen molar-refractivity contribution in [2.75, 3.05) is 48.4 Å². The lowest BCUT2D eigenvalue weighted by Crippen LogP contribution is -2.55. The van der Waals surface area contributed by atoms with E-state index in [1.807, 2.05) is 60.7 Å². The van der Waals surface area contributed by atoms with E-state index in [0.29, 0.717) is 49.9 Å². The Morgan fingerprint density at radius 3 is 2.52 bits per heavy atom. The Hall–Kier alpha value is -4.09. The average molecular weight is 553 g/mol. The standard InChI is InChI=1S/C26H34N8O4.C2H6/c1-16-13-32-15-19(22(37-6)30-23(32)28-16)29-24(35)34-10-8-18-20(7-9-27-21(18)34)31-11-12-33(17(2)14-31)25(36)38-26(3,4)5;1-2/h7,9,13,15,17H,8,10-12,14H2,1-6H3,(H,29,35);1-2H3. The van der Waals surface area contributed by atoms with E-state index in [0.717, 1.165) is 16.9 Å². The van der Waals surface area contributed by atoms with Crippen LogP contribution in [-0.2, 0) is 11.2 Å². The van der Waals surface area contributed by atoms with E-state index >= 15 is 0 Å². The number of nitrogens with one attached hydrogen (secondary N) is 1. The first-order valence-electron chi connectivity index (χ1n) is 13.8. The summed E-state index contributed by atoms with van der Waals surface area (Å²) >= 11 is 0. The molecule has 5 rings (SSSR count). The molecule has 40 heavy (non-hydrogen) atoms. The van der Waals surface area contributed by atoms with E-state index in [9.17, 15) is 9.59 Å². The molecule has 1 unspecified atom stereocenters. The number of aryl methyl sites for hydroxylation is 1. The molecule has 5 heterocycles. The zero-order valence-corrected chi connectivity index (χ0v) is 24.7. The summed E-state index contributed by atoms with van der Waals surface area (Å²) in [6, 6.07) is 1.65. The van der Waals surface area contributed by atoms with Gasteiger partial charge >= 0.3 is 12.1 Å². The molecule has 1 atom stereocenters. The molecule has 0 saturated carbocycles. The van der Waals surface area contributed by atoms with Crippen LogP contribution in [0.15, 0.2) is 24.7 Å². The lowest BCUT2D eigenvalue weighted by molar-refractivity contribution is 0.0159. The van der Waals surface area contributed by atoms with Crippen LogP contribution in [0.5, 0.6) is 5.88 Å². The number of nitrogens with zero attached hydrogens (tertiary/aromatic N) is 7. The Morgan fingerprint density at radius 1 is 1.10 bits per heavy atom. The van der Waals surface area contributed by atoms with Crippen LogP contribution < -0.4 is 19.9 Å². The number of imidazole rings is 1. The fourth-order valence-electron chi connectivity index (χ4n) is 4.99. The predicted octanol–water partition coefficient (Wildman–Crippen LogP) is 4.51. The molecule has 3 aromatic rings. The molecule has 1 fully saturated rings. The summed E-state index contributed by atoms with van der Waals surface area (Å²) in [6.07, 6.45) is 5.70. The molecule has 2 aliphatic heterocycles. The van der Waals surface area contributed by atoms with Crippen molar-refractivity contribution in [3.05, 3.63) is 35.9 Å². The van der Waals surface area contributed by atoms with Crippen molar-refractivity contribution in [3.63, 3.8) is 0 Å². The van der Waals surface area contributed by atoms with Crippen LogP contribution in [0, 0.1) is 6.92 Å². The number of carbonyl (C=O) groups excluding carboxylic acids is 2. The highest BCUT2D eigenvalue weighted by Gasteiger charge is 2.34.